The Morgan fingerprint density at radius 2 is 2.28 bits per heavy atom. The maximum Gasteiger partial charge on any atom is 0.335 e. The van der Waals surface area contributed by atoms with Crippen LogP contribution in [0.1, 0.15) is 6.92 Å². The summed E-state index contributed by atoms with van der Waals surface area (Å²) in [4.78, 5) is 11.4. The molecule has 0 spiro atoms. The molecule has 18 heavy (non-hydrogen) atoms. The van der Waals surface area contributed by atoms with Gasteiger partial charge < -0.3 is 10.1 Å². The van der Waals surface area contributed by atoms with Gasteiger partial charge in [-0.05, 0) is 42.0 Å². The van der Waals surface area contributed by atoms with Crippen LogP contribution in [0.25, 0.3) is 10.1 Å². The highest BCUT2D eigenvalue weighted by Crippen LogP contribution is 2.23. The van der Waals surface area contributed by atoms with E-state index in [1.807, 2.05) is 6.07 Å². The van der Waals surface area contributed by atoms with Gasteiger partial charge in [0, 0.05) is 22.5 Å². The summed E-state index contributed by atoms with van der Waals surface area (Å²) < 4.78 is 6.13. The first kappa shape index (κ1) is 12.6. The van der Waals surface area contributed by atoms with E-state index in [0.29, 0.717) is 18.7 Å². The van der Waals surface area contributed by atoms with E-state index in [9.17, 15) is 4.79 Å². The first-order valence-corrected chi connectivity index (χ1v) is 6.64. The number of thiophene rings is 1. The normalized spacial score (nSPS) is 10.3. The Bertz CT molecular complexity index is 574. The van der Waals surface area contributed by atoms with Gasteiger partial charge in [-0.15, -0.1) is 11.3 Å². The lowest BCUT2D eigenvalue weighted by molar-refractivity contribution is -0.138. The molecular formula is C14H15NO2S. The second-order valence-corrected chi connectivity index (χ2v) is 4.80. The van der Waals surface area contributed by atoms with E-state index in [0.717, 1.165) is 5.69 Å². The summed E-state index contributed by atoms with van der Waals surface area (Å²) in [5.41, 5.74) is 1.41. The summed E-state index contributed by atoms with van der Waals surface area (Å²) in [6, 6.07) is 8.20. The van der Waals surface area contributed by atoms with E-state index in [4.69, 9.17) is 4.74 Å². The number of ether oxygens (including phenoxy) is 1. The third kappa shape index (κ3) is 2.90. The minimum atomic E-state index is -0.346. The molecule has 2 aromatic rings. The Kier molecular flexibility index (Phi) is 3.99. The molecule has 0 bridgehead atoms. The Morgan fingerprint density at radius 1 is 1.44 bits per heavy atom. The Morgan fingerprint density at radius 3 is 3.06 bits per heavy atom. The van der Waals surface area contributed by atoms with Crippen LogP contribution in [0.5, 0.6) is 0 Å². The van der Waals surface area contributed by atoms with Gasteiger partial charge >= 0.3 is 5.97 Å². The van der Waals surface area contributed by atoms with Crippen LogP contribution < -0.4 is 5.32 Å². The highest BCUT2D eigenvalue weighted by atomic mass is 32.1. The van der Waals surface area contributed by atoms with Crippen molar-refractivity contribution in [2.24, 2.45) is 0 Å². The third-order valence-corrected chi connectivity index (χ3v) is 3.42. The minimum absolute atomic E-state index is 0.346. The molecule has 1 N–H and O–H groups in total. The lowest BCUT2D eigenvalue weighted by Gasteiger charge is -2.08. The number of anilines is 1. The third-order valence-electron chi connectivity index (χ3n) is 2.52. The van der Waals surface area contributed by atoms with Crippen molar-refractivity contribution in [3.8, 4) is 0 Å². The number of rotatable bonds is 5. The Hall–Kier alpha value is -1.81. The van der Waals surface area contributed by atoms with E-state index in [2.05, 4.69) is 35.5 Å². The molecule has 0 aliphatic carbocycles. The predicted molar refractivity (Wildman–Crippen MR) is 76.1 cm³/mol. The van der Waals surface area contributed by atoms with Crippen LogP contribution in [0.3, 0.4) is 0 Å². The van der Waals surface area contributed by atoms with Gasteiger partial charge in [0.25, 0.3) is 0 Å². The van der Waals surface area contributed by atoms with Crippen LogP contribution in [-0.2, 0) is 9.53 Å². The second-order valence-electron chi connectivity index (χ2n) is 3.85. The van der Waals surface area contributed by atoms with Crippen molar-refractivity contribution >= 4 is 33.1 Å². The monoisotopic (exact) mass is 261 g/mol. The zero-order chi connectivity index (χ0) is 13.0. The average molecular weight is 261 g/mol. The molecule has 1 heterocycles. The molecule has 0 aliphatic rings. The average Bonchev–Trinajstić information content (AvgIpc) is 2.83. The van der Waals surface area contributed by atoms with E-state index in [1.54, 1.807) is 18.3 Å². The van der Waals surface area contributed by atoms with Crippen molar-refractivity contribution in [3.05, 3.63) is 41.8 Å². The highest BCUT2D eigenvalue weighted by molar-refractivity contribution is 7.17. The van der Waals surface area contributed by atoms with E-state index in [1.165, 1.54) is 10.1 Å². The van der Waals surface area contributed by atoms with Gasteiger partial charge in [0.15, 0.2) is 0 Å². The molecule has 3 nitrogen and oxygen atoms in total. The van der Waals surface area contributed by atoms with Crippen LogP contribution in [0.2, 0.25) is 0 Å². The van der Waals surface area contributed by atoms with Crippen LogP contribution in [0, 0.1) is 0 Å². The number of hydrogen-bond acceptors (Lipinski definition) is 4. The summed E-state index contributed by atoms with van der Waals surface area (Å²) in [6.07, 6.45) is 0. The molecule has 0 radical (unpaired) electrons. The van der Waals surface area contributed by atoms with Crippen molar-refractivity contribution in [3.63, 3.8) is 0 Å². The van der Waals surface area contributed by atoms with E-state index >= 15 is 0 Å². The molecule has 94 valence electrons. The molecule has 0 amide bonds. The maximum atomic E-state index is 11.4. The molecule has 0 fully saturated rings. The molecule has 0 unspecified atom stereocenters. The fraction of sp³-hybridized carbons (Fsp3) is 0.214. The molecule has 1 aromatic heterocycles. The molecule has 0 saturated carbocycles. The van der Waals surface area contributed by atoms with E-state index in [-0.39, 0.29) is 5.97 Å². The molecule has 4 heteroatoms. The molecule has 1 aromatic carbocycles. The zero-order valence-electron chi connectivity index (χ0n) is 10.2. The standard InChI is InChI=1S/C14H15NO2S/c1-3-17-14(16)10(2)9-15-12-4-5-13-11(8-12)6-7-18-13/h4-8,15H,2-3,9H2,1H3. The van der Waals surface area contributed by atoms with Gasteiger partial charge in [-0.3, -0.25) is 0 Å². The number of fused-ring (bicyclic) bond motifs is 1. The van der Waals surface area contributed by atoms with Crippen LogP contribution in [0.15, 0.2) is 41.8 Å². The lowest BCUT2D eigenvalue weighted by Crippen LogP contribution is -2.14. The SMILES string of the molecule is C=C(CNc1ccc2sccc2c1)C(=O)OCC. The van der Waals surface area contributed by atoms with Crippen molar-refractivity contribution in [1.29, 1.82) is 0 Å². The quantitative estimate of drug-likeness (QED) is 0.662. The smallest absolute Gasteiger partial charge is 0.335 e. The maximum absolute atomic E-state index is 11.4. The largest absolute Gasteiger partial charge is 0.463 e. The van der Waals surface area contributed by atoms with Gasteiger partial charge in [-0.1, -0.05) is 6.58 Å². The predicted octanol–water partition coefficient (Wildman–Crippen LogP) is 3.43. The number of carbonyl (C=O) groups excluding carboxylic acids is 1. The Balaban J connectivity index is 1.97. The van der Waals surface area contributed by atoms with Crippen molar-refractivity contribution < 1.29 is 9.53 Å². The molecule has 0 aliphatic heterocycles. The van der Waals surface area contributed by atoms with Gasteiger partial charge in [-0.25, -0.2) is 4.79 Å². The topological polar surface area (TPSA) is 38.3 Å². The number of esters is 1. The van der Waals surface area contributed by atoms with Crippen LogP contribution in [0.4, 0.5) is 5.69 Å². The van der Waals surface area contributed by atoms with Gasteiger partial charge in [0.1, 0.15) is 0 Å². The first-order chi connectivity index (χ1) is 8.70. The summed E-state index contributed by atoms with van der Waals surface area (Å²) >= 11 is 1.71. The number of benzene rings is 1. The van der Waals surface area contributed by atoms with Gasteiger partial charge in [-0.2, -0.15) is 0 Å². The van der Waals surface area contributed by atoms with Crippen molar-refractivity contribution in [2.75, 3.05) is 18.5 Å². The van der Waals surface area contributed by atoms with Crippen molar-refractivity contribution in [2.45, 2.75) is 6.92 Å². The zero-order valence-corrected chi connectivity index (χ0v) is 11.0. The number of nitrogens with one attached hydrogen (secondary N) is 1. The van der Waals surface area contributed by atoms with Crippen LogP contribution >= 0.6 is 11.3 Å². The summed E-state index contributed by atoms with van der Waals surface area (Å²) in [5, 5.41) is 6.43. The second kappa shape index (κ2) is 5.69. The van der Waals surface area contributed by atoms with E-state index < -0.39 is 0 Å². The number of carbonyl (C=O) groups is 1. The molecular weight excluding hydrogens is 246 g/mol. The molecule has 0 saturated heterocycles. The van der Waals surface area contributed by atoms with Crippen LogP contribution in [-0.4, -0.2) is 19.1 Å². The molecule has 0 atom stereocenters. The summed E-state index contributed by atoms with van der Waals surface area (Å²) in [7, 11) is 0. The molecule has 2 rings (SSSR count). The Labute approximate surface area is 110 Å². The summed E-state index contributed by atoms with van der Waals surface area (Å²) in [5.74, 6) is -0.346. The highest BCUT2D eigenvalue weighted by Gasteiger charge is 2.07. The van der Waals surface area contributed by atoms with Gasteiger partial charge in [0.05, 0.1) is 6.61 Å². The summed E-state index contributed by atoms with van der Waals surface area (Å²) in [6.45, 7) is 6.26. The van der Waals surface area contributed by atoms with Crippen molar-refractivity contribution in [1.82, 2.24) is 0 Å². The lowest BCUT2D eigenvalue weighted by atomic mass is 10.2. The fourth-order valence-corrected chi connectivity index (χ4v) is 2.36. The number of hydrogen-bond donors (Lipinski definition) is 1. The first-order valence-electron chi connectivity index (χ1n) is 5.76. The fourth-order valence-electron chi connectivity index (χ4n) is 1.59. The van der Waals surface area contributed by atoms with Gasteiger partial charge in [0.2, 0.25) is 0 Å². The minimum Gasteiger partial charge on any atom is -0.463 e.